The third kappa shape index (κ3) is 2.57. The molecule has 1 rings (SSSR count). The second-order valence-corrected chi connectivity index (χ2v) is 3.65. The number of nitrogens with two attached hydrogens (primary N) is 1. The third-order valence-electron chi connectivity index (χ3n) is 2.67. The first kappa shape index (κ1) is 9.68. The minimum atomic E-state index is -0.806. The van der Waals surface area contributed by atoms with Crippen molar-refractivity contribution in [2.45, 2.75) is 44.2 Å². The largest absolute Gasteiger partial charge is 0.386 e. The van der Waals surface area contributed by atoms with E-state index in [1.54, 1.807) is 0 Å². The van der Waals surface area contributed by atoms with Crippen LogP contribution in [0.15, 0.2) is 0 Å². The monoisotopic (exact) mass is 171 g/mol. The summed E-state index contributed by atoms with van der Waals surface area (Å²) in [5, 5.41) is 9.10. The maximum absolute atomic E-state index is 10.2. The molecule has 0 amide bonds. The van der Waals surface area contributed by atoms with Gasteiger partial charge in [-0.3, -0.25) is 0 Å². The third-order valence-corrected chi connectivity index (χ3v) is 2.67. The number of hydrogen-bond acceptors (Lipinski definition) is 3. The summed E-state index contributed by atoms with van der Waals surface area (Å²) in [6.45, 7) is 0. The van der Waals surface area contributed by atoms with Crippen molar-refractivity contribution in [3.63, 3.8) is 0 Å². The molecule has 1 saturated carbocycles. The van der Waals surface area contributed by atoms with E-state index < -0.39 is 6.10 Å². The Hall–Kier alpha value is -0.410. The minimum Gasteiger partial charge on any atom is -0.386 e. The van der Waals surface area contributed by atoms with Gasteiger partial charge in [-0.2, -0.15) is 0 Å². The lowest BCUT2D eigenvalue weighted by molar-refractivity contribution is -0.115. The van der Waals surface area contributed by atoms with Crippen molar-refractivity contribution in [3.8, 4) is 0 Å². The summed E-state index contributed by atoms with van der Waals surface area (Å²) in [4.78, 5) is 10.2. The molecule has 0 radical (unpaired) electrons. The average Bonchev–Trinajstić information content (AvgIpc) is 2.09. The molecule has 0 spiro atoms. The lowest BCUT2D eigenvalue weighted by Crippen LogP contribution is -2.35. The minimum absolute atomic E-state index is 0.188. The molecule has 0 bridgehead atoms. The van der Waals surface area contributed by atoms with Crippen LogP contribution in [0.4, 0.5) is 0 Å². The van der Waals surface area contributed by atoms with Gasteiger partial charge in [-0.1, -0.05) is 12.8 Å². The van der Waals surface area contributed by atoms with E-state index in [4.69, 9.17) is 10.8 Å². The van der Waals surface area contributed by atoms with Crippen molar-refractivity contribution in [2.75, 3.05) is 0 Å². The van der Waals surface area contributed by atoms with Crippen molar-refractivity contribution in [1.82, 2.24) is 0 Å². The van der Waals surface area contributed by atoms with Crippen LogP contribution in [-0.4, -0.2) is 23.5 Å². The van der Waals surface area contributed by atoms with E-state index in [9.17, 15) is 4.79 Å². The highest BCUT2D eigenvalue weighted by Gasteiger charge is 2.23. The van der Waals surface area contributed by atoms with Crippen LogP contribution in [0.3, 0.4) is 0 Å². The molecule has 1 aliphatic rings. The van der Waals surface area contributed by atoms with Crippen LogP contribution in [0.25, 0.3) is 0 Å². The first-order valence-electron chi connectivity index (χ1n) is 4.63. The maximum atomic E-state index is 10.2. The molecule has 1 fully saturated rings. The molecule has 0 aromatic heterocycles. The zero-order chi connectivity index (χ0) is 8.97. The zero-order valence-corrected chi connectivity index (χ0v) is 7.28. The lowest BCUT2D eigenvalue weighted by atomic mass is 9.82. The van der Waals surface area contributed by atoms with Crippen LogP contribution in [-0.2, 0) is 4.79 Å². The molecule has 0 aromatic carbocycles. The van der Waals surface area contributed by atoms with Gasteiger partial charge in [-0.25, -0.2) is 0 Å². The maximum Gasteiger partial charge on any atom is 0.148 e. The van der Waals surface area contributed by atoms with Gasteiger partial charge in [0.15, 0.2) is 0 Å². The number of aliphatic hydroxyl groups excluding tert-OH is 1. The van der Waals surface area contributed by atoms with E-state index in [1.807, 2.05) is 0 Å². The summed E-state index contributed by atoms with van der Waals surface area (Å²) >= 11 is 0. The first-order valence-corrected chi connectivity index (χ1v) is 4.63. The predicted octanol–water partition coefficient (Wildman–Crippen LogP) is 0.454. The molecule has 0 aliphatic heterocycles. The van der Waals surface area contributed by atoms with Gasteiger partial charge in [-0.15, -0.1) is 0 Å². The van der Waals surface area contributed by atoms with Crippen molar-refractivity contribution < 1.29 is 9.90 Å². The highest BCUT2D eigenvalue weighted by molar-refractivity contribution is 5.55. The molecule has 3 nitrogen and oxygen atoms in total. The Bertz CT molecular complexity index is 149. The fraction of sp³-hybridized carbons (Fsp3) is 0.889. The Kier molecular flexibility index (Phi) is 3.69. The highest BCUT2D eigenvalue weighted by Crippen LogP contribution is 2.26. The van der Waals surface area contributed by atoms with Gasteiger partial charge in [-0.05, 0) is 25.2 Å². The quantitative estimate of drug-likeness (QED) is 0.606. The molecule has 0 aromatic rings. The van der Waals surface area contributed by atoms with E-state index in [1.165, 1.54) is 12.8 Å². The molecule has 70 valence electrons. The molecule has 1 aliphatic carbocycles. The topological polar surface area (TPSA) is 63.3 Å². The smallest absolute Gasteiger partial charge is 0.148 e. The Morgan fingerprint density at radius 2 is 2.17 bits per heavy atom. The van der Waals surface area contributed by atoms with Crippen LogP contribution in [0.5, 0.6) is 0 Å². The molecular formula is C9H17NO2. The van der Waals surface area contributed by atoms with Crippen molar-refractivity contribution in [2.24, 2.45) is 11.7 Å². The summed E-state index contributed by atoms with van der Waals surface area (Å²) < 4.78 is 0. The van der Waals surface area contributed by atoms with Crippen LogP contribution in [0.1, 0.15) is 32.1 Å². The van der Waals surface area contributed by atoms with E-state index in [0.717, 1.165) is 12.8 Å². The summed E-state index contributed by atoms with van der Waals surface area (Å²) in [6.07, 6.45) is 4.81. The molecule has 3 unspecified atom stereocenters. The lowest BCUT2D eigenvalue weighted by Gasteiger charge is -2.28. The Balaban J connectivity index is 2.33. The van der Waals surface area contributed by atoms with Crippen molar-refractivity contribution in [1.29, 1.82) is 0 Å². The molecule has 3 heteroatoms. The van der Waals surface area contributed by atoms with Gasteiger partial charge in [0.1, 0.15) is 12.4 Å². The predicted molar refractivity (Wildman–Crippen MR) is 46.6 cm³/mol. The van der Waals surface area contributed by atoms with E-state index >= 15 is 0 Å². The van der Waals surface area contributed by atoms with E-state index in [-0.39, 0.29) is 6.04 Å². The van der Waals surface area contributed by atoms with Gasteiger partial charge in [0.2, 0.25) is 0 Å². The van der Waals surface area contributed by atoms with Crippen LogP contribution in [0, 0.1) is 5.92 Å². The number of aldehydes is 1. The summed E-state index contributed by atoms with van der Waals surface area (Å²) in [7, 11) is 0. The van der Waals surface area contributed by atoms with Crippen LogP contribution in [0.2, 0.25) is 0 Å². The zero-order valence-electron chi connectivity index (χ0n) is 7.28. The second kappa shape index (κ2) is 4.58. The average molecular weight is 171 g/mol. The second-order valence-electron chi connectivity index (χ2n) is 3.65. The van der Waals surface area contributed by atoms with Crippen molar-refractivity contribution in [3.05, 3.63) is 0 Å². The Labute approximate surface area is 72.9 Å². The fourth-order valence-electron chi connectivity index (χ4n) is 1.89. The Morgan fingerprint density at radius 1 is 1.50 bits per heavy atom. The number of carbonyl (C=O) groups is 1. The van der Waals surface area contributed by atoms with Gasteiger partial charge in [0.25, 0.3) is 0 Å². The normalized spacial score (nSPS) is 32.8. The van der Waals surface area contributed by atoms with E-state index in [2.05, 4.69) is 0 Å². The van der Waals surface area contributed by atoms with Crippen LogP contribution >= 0.6 is 0 Å². The molecule has 12 heavy (non-hydrogen) atoms. The number of aliphatic hydroxyl groups is 1. The molecule has 3 atom stereocenters. The van der Waals surface area contributed by atoms with E-state index in [0.29, 0.717) is 18.6 Å². The molecular weight excluding hydrogens is 154 g/mol. The van der Waals surface area contributed by atoms with Crippen LogP contribution < -0.4 is 5.73 Å². The number of rotatable bonds is 3. The van der Waals surface area contributed by atoms with Gasteiger partial charge < -0.3 is 15.6 Å². The molecule has 0 saturated heterocycles. The summed E-state index contributed by atoms with van der Waals surface area (Å²) in [6, 6.07) is 0.188. The number of carbonyl (C=O) groups excluding carboxylic acids is 1. The van der Waals surface area contributed by atoms with Gasteiger partial charge in [0, 0.05) is 6.04 Å². The first-order chi connectivity index (χ1) is 5.74. The summed E-state index contributed by atoms with van der Waals surface area (Å²) in [5.41, 5.74) is 5.85. The van der Waals surface area contributed by atoms with Crippen molar-refractivity contribution >= 4 is 6.29 Å². The SMILES string of the molecule is NC1CCCCC1CC(O)C=O. The van der Waals surface area contributed by atoms with Gasteiger partial charge >= 0.3 is 0 Å². The Morgan fingerprint density at radius 3 is 2.75 bits per heavy atom. The molecule has 0 heterocycles. The summed E-state index contributed by atoms with van der Waals surface area (Å²) in [5.74, 6) is 0.346. The fourth-order valence-corrected chi connectivity index (χ4v) is 1.89. The molecule has 3 N–H and O–H groups in total. The highest BCUT2D eigenvalue weighted by atomic mass is 16.3. The standard InChI is InChI=1S/C9H17NO2/c10-9-4-2-1-3-7(9)5-8(12)6-11/h6-9,12H,1-5,10H2. The van der Waals surface area contributed by atoms with Gasteiger partial charge in [0.05, 0.1) is 0 Å². The number of hydrogen-bond donors (Lipinski definition) is 2.